The van der Waals surface area contributed by atoms with Crippen LogP contribution in [-0.4, -0.2) is 77.2 Å². The van der Waals surface area contributed by atoms with Gasteiger partial charge in [0.25, 0.3) is 5.91 Å². The third kappa shape index (κ3) is 8.23. The Morgan fingerprint density at radius 2 is 1.73 bits per heavy atom. The molecule has 13 heteroatoms. The highest BCUT2D eigenvalue weighted by Gasteiger charge is 2.26. The number of aromatic carboxylic acids is 1. The number of thiazole rings is 2. The number of para-hydroxylation sites is 1. The standard InChI is InChI=1S/C39H38N6O5S2/c1-44(2)20-22-50-28-16-17-31(40-23-28)26-12-14-27(15-13-26)49-21-6-11-34-35(37(47)48)42-39(52-34)45-19-18-25-7-5-8-29(30(25)24-45)36(46)43-38-41-32-9-3-4-10-33(32)51-38/h3-5,7-10,12-17,23H,6,11,18-22,24H2,1-2H3,(H,47,48)(H,41,43,46). The fourth-order valence-electron chi connectivity index (χ4n) is 5.99. The highest BCUT2D eigenvalue weighted by Crippen LogP contribution is 2.33. The Morgan fingerprint density at radius 3 is 2.50 bits per heavy atom. The number of aryl methyl sites for hydroxylation is 1. The number of likely N-dealkylation sites (N-methyl/N-ethyl adjacent to an activating group) is 1. The third-order valence-electron chi connectivity index (χ3n) is 8.70. The maximum absolute atomic E-state index is 13.5. The van der Waals surface area contributed by atoms with Gasteiger partial charge in [0.2, 0.25) is 0 Å². The summed E-state index contributed by atoms with van der Waals surface area (Å²) in [6, 6.07) is 25.2. The highest BCUT2D eigenvalue weighted by molar-refractivity contribution is 7.22. The van der Waals surface area contributed by atoms with E-state index in [-0.39, 0.29) is 11.6 Å². The molecular weight excluding hydrogens is 697 g/mol. The van der Waals surface area contributed by atoms with Crippen molar-refractivity contribution >= 4 is 55.0 Å². The van der Waals surface area contributed by atoms with Crippen molar-refractivity contribution in [3.05, 3.63) is 112 Å². The van der Waals surface area contributed by atoms with Crippen LogP contribution in [0.4, 0.5) is 10.3 Å². The van der Waals surface area contributed by atoms with Gasteiger partial charge >= 0.3 is 5.97 Å². The molecule has 266 valence electrons. The molecule has 4 heterocycles. The quantitative estimate of drug-likeness (QED) is 0.110. The van der Waals surface area contributed by atoms with E-state index in [1.807, 2.05) is 93.0 Å². The number of fused-ring (bicyclic) bond motifs is 2. The minimum Gasteiger partial charge on any atom is -0.494 e. The van der Waals surface area contributed by atoms with Gasteiger partial charge in [-0.15, -0.1) is 11.3 Å². The molecule has 6 aromatic rings. The number of ether oxygens (including phenoxy) is 2. The zero-order chi connectivity index (χ0) is 36.0. The average molecular weight is 735 g/mol. The monoisotopic (exact) mass is 734 g/mol. The van der Waals surface area contributed by atoms with Crippen LogP contribution in [0.5, 0.6) is 11.5 Å². The first-order chi connectivity index (χ1) is 25.3. The lowest BCUT2D eigenvalue weighted by molar-refractivity contribution is 0.0690. The highest BCUT2D eigenvalue weighted by atomic mass is 32.1. The molecule has 0 atom stereocenters. The molecule has 0 saturated carbocycles. The second-order valence-electron chi connectivity index (χ2n) is 12.6. The predicted octanol–water partition coefficient (Wildman–Crippen LogP) is 7.28. The van der Waals surface area contributed by atoms with E-state index >= 15 is 0 Å². The molecule has 7 rings (SSSR count). The molecule has 1 aliphatic rings. The van der Waals surface area contributed by atoms with Crippen LogP contribution in [0.2, 0.25) is 0 Å². The Bertz CT molecular complexity index is 2150. The van der Waals surface area contributed by atoms with Crippen LogP contribution in [0.3, 0.4) is 0 Å². The number of hydrogen-bond acceptors (Lipinski definition) is 11. The van der Waals surface area contributed by atoms with Crippen molar-refractivity contribution < 1.29 is 24.2 Å². The summed E-state index contributed by atoms with van der Waals surface area (Å²) < 4.78 is 12.7. The summed E-state index contributed by atoms with van der Waals surface area (Å²) in [5.41, 5.74) is 5.32. The van der Waals surface area contributed by atoms with E-state index in [1.165, 1.54) is 22.7 Å². The van der Waals surface area contributed by atoms with Crippen LogP contribution in [-0.2, 0) is 19.4 Å². The maximum Gasteiger partial charge on any atom is 0.355 e. The molecule has 0 radical (unpaired) electrons. The minimum absolute atomic E-state index is 0.0682. The summed E-state index contributed by atoms with van der Waals surface area (Å²) >= 11 is 2.83. The number of anilines is 2. The lowest BCUT2D eigenvalue weighted by atomic mass is 9.94. The molecule has 1 amide bonds. The van der Waals surface area contributed by atoms with Crippen LogP contribution in [0.1, 0.15) is 43.3 Å². The Hall–Kier alpha value is -5.37. The smallest absolute Gasteiger partial charge is 0.355 e. The normalized spacial score (nSPS) is 12.6. The van der Waals surface area contributed by atoms with E-state index < -0.39 is 5.97 Å². The van der Waals surface area contributed by atoms with Crippen molar-refractivity contribution in [1.82, 2.24) is 19.9 Å². The Labute approximate surface area is 309 Å². The number of aromatic nitrogens is 3. The van der Waals surface area contributed by atoms with Crippen molar-refractivity contribution in [3.8, 4) is 22.8 Å². The summed E-state index contributed by atoms with van der Waals surface area (Å²) in [6.07, 6.45) is 3.59. The van der Waals surface area contributed by atoms with Crippen molar-refractivity contribution in [1.29, 1.82) is 0 Å². The molecule has 0 bridgehead atoms. The van der Waals surface area contributed by atoms with Gasteiger partial charge in [0.05, 0.1) is 28.7 Å². The molecule has 11 nitrogen and oxygen atoms in total. The fourth-order valence-corrected chi connectivity index (χ4v) is 7.96. The lowest BCUT2D eigenvalue weighted by Crippen LogP contribution is -2.32. The zero-order valence-corrected chi connectivity index (χ0v) is 30.5. The predicted molar refractivity (Wildman–Crippen MR) is 205 cm³/mol. The number of nitrogens with zero attached hydrogens (tertiary/aromatic N) is 5. The minimum atomic E-state index is -1.05. The number of carbonyl (C=O) groups is 2. The van der Waals surface area contributed by atoms with Gasteiger partial charge in [0.1, 0.15) is 18.1 Å². The molecule has 0 fully saturated rings. The van der Waals surface area contributed by atoms with E-state index in [2.05, 4.69) is 30.1 Å². The fraction of sp³-hybridized carbons (Fsp3) is 0.256. The second kappa shape index (κ2) is 15.9. The molecule has 0 unspecified atom stereocenters. The number of hydrogen-bond donors (Lipinski definition) is 2. The van der Waals surface area contributed by atoms with Gasteiger partial charge in [-0.05, 0) is 99.1 Å². The van der Waals surface area contributed by atoms with Gasteiger partial charge in [0.15, 0.2) is 16.0 Å². The molecular formula is C39H38N6O5S2. The molecule has 0 spiro atoms. The Morgan fingerprint density at radius 1 is 0.923 bits per heavy atom. The molecule has 0 aliphatic carbocycles. The van der Waals surface area contributed by atoms with Crippen molar-refractivity contribution in [2.24, 2.45) is 0 Å². The average Bonchev–Trinajstić information content (AvgIpc) is 3.77. The SMILES string of the molecule is CN(C)CCOc1ccc(-c2ccc(OCCCc3sc(N4CCc5cccc(C(=O)Nc6nc7ccccc7s6)c5C4)nc3C(=O)O)cc2)nc1. The molecule has 1 aliphatic heterocycles. The van der Waals surface area contributed by atoms with Crippen molar-refractivity contribution in [3.63, 3.8) is 0 Å². The van der Waals surface area contributed by atoms with E-state index in [1.54, 1.807) is 6.20 Å². The summed E-state index contributed by atoms with van der Waals surface area (Å²) in [4.78, 5) is 44.2. The summed E-state index contributed by atoms with van der Waals surface area (Å²) in [5, 5.41) is 14.2. The summed E-state index contributed by atoms with van der Waals surface area (Å²) in [7, 11) is 4.01. The van der Waals surface area contributed by atoms with E-state index in [0.29, 0.717) is 66.3 Å². The second-order valence-corrected chi connectivity index (χ2v) is 14.7. The van der Waals surface area contributed by atoms with Crippen molar-refractivity contribution in [2.45, 2.75) is 25.8 Å². The van der Waals surface area contributed by atoms with Crippen molar-refractivity contribution in [2.75, 3.05) is 50.6 Å². The van der Waals surface area contributed by atoms with Gasteiger partial charge in [0, 0.05) is 35.6 Å². The number of carboxylic acid groups (broad SMARTS) is 1. The van der Waals surface area contributed by atoms with Crippen LogP contribution >= 0.6 is 22.7 Å². The van der Waals surface area contributed by atoms with Crippen LogP contribution in [0, 0.1) is 0 Å². The topological polar surface area (TPSA) is 130 Å². The number of carboxylic acids is 1. The maximum atomic E-state index is 13.5. The first kappa shape index (κ1) is 35.1. The Kier molecular flexibility index (Phi) is 10.7. The largest absolute Gasteiger partial charge is 0.494 e. The van der Waals surface area contributed by atoms with Crippen LogP contribution < -0.4 is 19.7 Å². The lowest BCUT2D eigenvalue weighted by Gasteiger charge is -2.29. The third-order valence-corrected chi connectivity index (χ3v) is 10.8. The van der Waals surface area contributed by atoms with Gasteiger partial charge in [-0.1, -0.05) is 35.6 Å². The Balaban J connectivity index is 0.950. The van der Waals surface area contributed by atoms with E-state index in [9.17, 15) is 14.7 Å². The first-order valence-electron chi connectivity index (χ1n) is 17.0. The van der Waals surface area contributed by atoms with E-state index in [0.717, 1.165) is 50.6 Å². The molecule has 3 aromatic heterocycles. The van der Waals surface area contributed by atoms with Crippen LogP contribution in [0.15, 0.2) is 85.1 Å². The summed E-state index contributed by atoms with van der Waals surface area (Å²) in [5.74, 6) is 0.196. The molecule has 52 heavy (non-hydrogen) atoms. The van der Waals surface area contributed by atoms with Crippen LogP contribution in [0.25, 0.3) is 21.5 Å². The molecule has 0 saturated heterocycles. The number of benzene rings is 3. The van der Waals surface area contributed by atoms with E-state index in [4.69, 9.17) is 9.47 Å². The number of carbonyl (C=O) groups excluding carboxylic acids is 1. The number of pyridine rings is 1. The molecule has 2 N–H and O–H groups in total. The van der Waals surface area contributed by atoms with Gasteiger partial charge in [-0.25, -0.2) is 14.8 Å². The van der Waals surface area contributed by atoms with Gasteiger partial charge in [-0.2, -0.15) is 0 Å². The number of nitrogens with one attached hydrogen (secondary N) is 1. The number of amides is 1. The zero-order valence-electron chi connectivity index (χ0n) is 28.9. The first-order valence-corrected chi connectivity index (χ1v) is 18.7. The van der Waals surface area contributed by atoms with Gasteiger partial charge < -0.3 is 24.4 Å². The molecule has 3 aromatic carbocycles. The summed E-state index contributed by atoms with van der Waals surface area (Å²) in [6.45, 7) is 2.98. The number of rotatable bonds is 14. The van der Waals surface area contributed by atoms with Gasteiger partial charge in [-0.3, -0.25) is 15.1 Å².